The molecule has 0 radical (unpaired) electrons. The van der Waals surface area contributed by atoms with E-state index in [-0.39, 0.29) is 12.2 Å². The maximum atomic E-state index is 6.07. The molecule has 3 rings (SSSR count). The molecule has 0 spiro atoms. The van der Waals surface area contributed by atoms with Gasteiger partial charge in [0.2, 0.25) is 0 Å². The van der Waals surface area contributed by atoms with Gasteiger partial charge < -0.3 is 32.0 Å². The molecule has 0 amide bonds. The van der Waals surface area contributed by atoms with Crippen molar-refractivity contribution in [2.24, 2.45) is 11.5 Å². The Balaban J connectivity index is 1.53. The van der Waals surface area contributed by atoms with Crippen LogP contribution in [-0.2, 0) is 6.54 Å². The minimum absolute atomic E-state index is 0.0495. The van der Waals surface area contributed by atoms with E-state index in [0.717, 1.165) is 36.4 Å². The van der Waals surface area contributed by atoms with E-state index in [4.69, 9.17) is 11.5 Å². The summed E-state index contributed by atoms with van der Waals surface area (Å²) in [7, 11) is 0. The van der Waals surface area contributed by atoms with Crippen LogP contribution in [0.2, 0.25) is 0 Å². The van der Waals surface area contributed by atoms with Crippen LogP contribution in [0, 0.1) is 6.92 Å². The maximum Gasteiger partial charge on any atom is 0.0925 e. The average Bonchev–Trinajstić information content (AvgIpc) is 2.96. The van der Waals surface area contributed by atoms with Crippen molar-refractivity contribution in [3.8, 4) is 0 Å². The second-order valence-electron chi connectivity index (χ2n) is 6.85. The van der Waals surface area contributed by atoms with Gasteiger partial charge in [-0.25, -0.2) is 0 Å². The van der Waals surface area contributed by atoms with E-state index in [2.05, 4.69) is 60.0 Å². The lowest BCUT2D eigenvalue weighted by atomic mass is 10.0. The number of rotatable bonds is 6. The van der Waals surface area contributed by atoms with Gasteiger partial charge in [-0.2, -0.15) is 0 Å². The Morgan fingerprint density at radius 1 is 1.32 bits per heavy atom. The van der Waals surface area contributed by atoms with E-state index >= 15 is 0 Å². The molecule has 25 heavy (non-hydrogen) atoms. The Morgan fingerprint density at radius 3 is 2.88 bits per heavy atom. The van der Waals surface area contributed by atoms with Crippen LogP contribution in [0.3, 0.4) is 0 Å². The van der Waals surface area contributed by atoms with Crippen molar-refractivity contribution < 1.29 is 0 Å². The first-order valence-corrected chi connectivity index (χ1v) is 8.66. The Labute approximate surface area is 148 Å². The molecular weight excluding hydrogens is 312 g/mol. The zero-order valence-electron chi connectivity index (χ0n) is 14.8. The van der Waals surface area contributed by atoms with Gasteiger partial charge in [-0.3, -0.25) is 0 Å². The maximum absolute atomic E-state index is 6.07. The first-order valence-electron chi connectivity index (χ1n) is 8.66. The largest absolute Gasteiger partial charge is 0.386 e. The van der Waals surface area contributed by atoms with Gasteiger partial charge in [0, 0.05) is 23.8 Å². The lowest BCUT2D eigenvalue weighted by molar-refractivity contribution is 0.167. The van der Waals surface area contributed by atoms with Crippen LogP contribution in [0.4, 0.5) is 0 Å². The number of piperidine rings is 1. The number of aromatic nitrogens is 1. The third kappa shape index (κ3) is 4.09. The standard InChI is InChI=1S/C19H28N6/c1-12-4-6-18-15(8-12)9-17(24-18)10-22-14(3)23-16-5-7-19(21)25(11-16)13(2)20/h4,6,8-9,16,19,22-24H,2-3,5,7,10-11,20-21H2,1H3/t16?,19-/m1/s1. The lowest BCUT2D eigenvalue weighted by Crippen LogP contribution is -2.54. The van der Waals surface area contributed by atoms with Crippen molar-refractivity contribution >= 4 is 10.9 Å². The smallest absolute Gasteiger partial charge is 0.0925 e. The number of nitrogens with one attached hydrogen (secondary N) is 3. The molecule has 1 fully saturated rings. The highest BCUT2D eigenvalue weighted by molar-refractivity contribution is 5.81. The van der Waals surface area contributed by atoms with Gasteiger partial charge in [-0.1, -0.05) is 24.8 Å². The number of likely N-dealkylation sites (tertiary alicyclic amines) is 1. The number of fused-ring (bicyclic) bond motifs is 1. The van der Waals surface area contributed by atoms with Crippen molar-refractivity contribution in [1.29, 1.82) is 0 Å². The number of hydrogen-bond acceptors (Lipinski definition) is 5. The Bertz CT molecular complexity index is 777. The third-order valence-corrected chi connectivity index (χ3v) is 4.70. The number of aromatic amines is 1. The van der Waals surface area contributed by atoms with E-state index < -0.39 is 0 Å². The van der Waals surface area contributed by atoms with Crippen molar-refractivity contribution in [2.75, 3.05) is 6.54 Å². The zero-order valence-corrected chi connectivity index (χ0v) is 14.8. The Morgan fingerprint density at radius 2 is 2.12 bits per heavy atom. The van der Waals surface area contributed by atoms with Crippen molar-refractivity contribution in [3.05, 3.63) is 60.3 Å². The fraction of sp³-hybridized carbons (Fsp3) is 0.368. The summed E-state index contributed by atoms with van der Waals surface area (Å²) in [6, 6.07) is 8.83. The van der Waals surface area contributed by atoms with Crippen LogP contribution in [0.1, 0.15) is 24.1 Å². The van der Waals surface area contributed by atoms with Crippen LogP contribution >= 0.6 is 0 Å². The third-order valence-electron chi connectivity index (χ3n) is 4.70. The monoisotopic (exact) mass is 340 g/mol. The quantitative estimate of drug-likeness (QED) is 0.553. The molecule has 1 unspecified atom stereocenters. The van der Waals surface area contributed by atoms with E-state index in [0.29, 0.717) is 12.4 Å². The molecule has 2 atom stereocenters. The molecular formula is C19H28N6. The van der Waals surface area contributed by atoms with Gasteiger partial charge in [0.15, 0.2) is 0 Å². The SMILES string of the molecule is C=C(NCc1cc2cc(C)ccc2[nH]1)NC1CC[C@H](N)N(C(=C)N)C1. The number of hydrogen-bond donors (Lipinski definition) is 5. The second kappa shape index (κ2) is 7.11. The van der Waals surface area contributed by atoms with Gasteiger partial charge in [-0.05, 0) is 43.4 Å². The molecule has 6 heteroatoms. The van der Waals surface area contributed by atoms with Gasteiger partial charge in [-0.15, -0.1) is 0 Å². The summed E-state index contributed by atoms with van der Waals surface area (Å²) in [5.41, 5.74) is 15.4. The molecule has 2 heterocycles. The van der Waals surface area contributed by atoms with Crippen LogP contribution in [0.15, 0.2) is 49.1 Å². The summed E-state index contributed by atoms with van der Waals surface area (Å²) < 4.78 is 0. The van der Waals surface area contributed by atoms with Crippen LogP contribution in [-0.4, -0.2) is 28.6 Å². The molecule has 1 saturated heterocycles. The van der Waals surface area contributed by atoms with Crippen LogP contribution in [0.5, 0.6) is 0 Å². The number of aryl methyl sites for hydroxylation is 1. The highest BCUT2D eigenvalue weighted by Gasteiger charge is 2.25. The van der Waals surface area contributed by atoms with Crippen molar-refractivity contribution in [3.63, 3.8) is 0 Å². The van der Waals surface area contributed by atoms with Gasteiger partial charge in [0.05, 0.1) is 24.4 Å². The molecule has 1 aliphatic rings. The second-order valence-corrected chi connectivity index (χ2v) is 6.85. The summed E-state index contributed by atoms with van der Waals surface area (Å²) in [5.74, 6) is 1.32. The van der Waals surface area contributed by atoms with E-state index in [1.165, 1.54) is 10.9 Å². The summed E-state index contributed by atoms with van der Waals surface area (Å²) in [6.07, 6.45) is 1.81. The van der Waals surface area contributed by atoms with E-state index in [1.54, 1.807) is 0 Å². The molecule has 2 aromatic rings. The first kappa shape index (κ1) is 17.2. The average molecular weight is 340 g/mol. The molecule has 134 valence electrons. The van der Waals surface area contributed by atoms with Crippen molar-refractivity contribution in [2.45, 2.75) is 38.5 Å². The summed E-state index contributed by atoms with van der Waals surface area (Å²) >= 11 is 0. The van der Waals surface area contributed by atoms with Gasteiger partial charge in [0.25, 0.3) is 0 Å². The number of nitrogens with two attached hydrogens (primary N) is 2. The number of benzene rings is 1. The van der Waals surface area contributed by atoms with Gasteiger partial charge >= 0.3 is 0 Å². The summed E-state index contributed by atoms with van der Waals surface area (Å²) in [4.78, 5) is 5.36. The molecule has 1 aliphatic heterocycles. The highest BCUT2D eigenvalue weighted by atomic mass is 15.3. The van der Waals surface area contributed by atoms with E-state index in [1.807, 2.05) is 4.90 Å². The van der Waals surface area contributed by atoms with E-state index in [9.17, 15) is 0 Å². The molecule has 1 aromatic carbocycles. The first-order chi connectivity index (χ1) is 11.9. The molecule has 1 aromatic heterocycles. The predicted octanol–water partition coefficient (Wildman–Crippen LogP) is 1.81. The predicted molar refractivity (Wildman–Crippen MR) is 103 cm³/mol. The Kier molecular flexibility index (Phi) is 4.90. The number of nitrogens with zero attached hydrogens (tertiary/aromatic N) is 1. The van der Waals surface area contributed by atoms with Crippen LogP contribution < -0.4 is 22.1 Å². The summed E-state index contributed by atoms with van der Waals surface area (Å²) in [6.45, 7) is 11.4. The van der Waals surface area contributed by atoms with Gasteiger partial charge in [0.1, 0.15) is 0 Å². The van der Waals surface area contributed by atoms with Crippen LogP contribution in [0.25, 0.3) is 10.9 Å². The molecule has 6 nitrogen and oxygen atoms in total. The fourth-order valence-electron chi connectivity index (χ4n) is 3.35. The topological polar surface area (TPSA) is 95.1 Å². The molecule has 0 aliphatic carbocycles. The molecule has 0 bridgehead atoms. The minimum atomic E-state index is -0.0495. The molecule has 7 N–H and O–H groups in total. The normalized spacial score (nSPS) is 20.5. The minimum Gasteiger partial charge on any atom is -0.386 e. The summed E-state index contributed by atoms with van der Waals surface area (Å²) in [5, 5.41) is 7.99. The fourth-order valence-corrected chi connectivity index (χ4v) is 3.35. The lowest BCUT2D eigenvalue weighted by Gasteiger charge is -2.39. The number of H-pyrrole nitrogens is 1. The Hall–Kier alpha value is -2.60. The highest BCUT2D eigenvalue weighted by Crippen LogP contribution is 2.18. The molecule has 0 saturated carbocycles. The van der Waals surface area contributed by atoms with Crippen molar-refractivity contribution in [1.82, 2.24) is 20.5 Å². The zero-order chi connectivity index (χ0) is 18.0.